The number of ether oxygens (including phenoxy) is 1. The molecule has 0 saturated heterocycles. The maximum Gasteiger partial charge on any atom is 0.697 e. The van der Waals surface area contributed by atoms with Crippen molar-refractivity contribution < 1.29 is 18.3 Å². The number of nitrogens with zero attached hydrogens (tertiary/aromatic N) is 1. The first kappa shape index (κ1) is 19.7. The average molecular weight is 371 g/mol. The van der Waals surface area contributed by atoms with E-state index in [-0.39, 0.29) is 6.61 Å². The van der Waals surface area contributed by atoms with E-state index in [0.29, 0.717) is 12.2 Å². The molecule has 2 rings (SSSR count). The number of H-pyrrole nitrogens is 1. The third-order valence-electron chi connectivity index (χ3n) is 3.76. The molecule has 0 bridgehead atoms. The van der Waals surface area contributed by atoms with Crippen LogP contribution in [0.3, 0.4) is 0 Å². The Balaban J connectivity index is 1.76. The summed E-state index contributed by atoms with van der Waals surface area (Å²) in [5.41, 5.74) is -0.555. The van der Waals surface area contributed by atoms with Gasteiger partial charge in [-0.2, -0.15) is 0 Å². The zero-order valence-corrected chi connectivity index (χ0v) is 15.4. The van der Waals surface area contributed by atoms with Gasteiger partial charge in [0.25, 0.3) is 5.56 Å². The molecule has 1 unspecified atom stereocenters. The molecule has 0 spiro atoms. The second-order valence-electron chi connectivity index (χ2n) is 5.84. The molecule has 8 nitrogen and oxygen atoms in total. The maximum absolute atomic E-state index is 11.8. The standard InChI is InChI=1S/C16H23N2O6P/c1-3-4-5-6-9-22-25(21)23-11-13-7-8-14(24-13)18-10-12(2)15(19)17-16(18)20/h7-8,10,13-14H,3-6,9,11H2,1-2H3/p+1/t13-,14+/m0/s1. The lowest BCUT2D eigenvalue weighted by Crippen LogP contribution is -2.33. The van der Waals surface area contributed by atoms with Gasteiger partial charge in [0, 0.05) is 16.3 Å². The molecule has 138 valence electrons. The quantitative estimate of drug-likeness (QED) is 0.385. The number of aromatic amines is 1. The Hall–Kier alpha value is -1.60. The van der Waals surface area contributed by atoms with Crippen LogP contribution < -0.4 is 11.2 Å². The third kappa shape index (κ3) is 6.01. The molecule has 1 aromatic heterocycles. The highest BCUT2D eigenvalue weighted by molar-refractivity contribution is 7.33. The summed E-state index contributed by atoms with van der Waals surface area (Å²) in [6.45, 7) is 4.20. The van der Waals surface area contributed by atoms with E-state index in [4.69, 9.17) is 13.8 Å². The molecule has 0 amide bonds. The minimum Gasteiger partial charge on any atom is -0.344 e. The summed E-state index contributed by atoms with van der Waals surface area (Å²) in [6, 6.07) is 0. The van der Waals surface area contributed by atoms with Gasteiger partial charge < -0.3 is 4.74 Å². The van der Waals surface area contributed by atoms with Crippen LogP contribution in [0.15, 0.2) is 27.9 Å². The van der Waals surface area contributed by atoms with E-state index in [1.807, 2.05) is 0 Å². The molecule has 1 aliphatic heterocycles. The number of rotatable bonds is 10. The van der Waals surface area contributed by atoms with Crippen LogP contribution in [0.5, 0.6) is 0 Å². The lowest BCUT2D eigenvalue weighted by molar-refractivity contribution is -0.00684. The molecule has 2 heterocycles. The summed E-state index contributed by atoms with van der Waals surface area (Å²) >= 11 is 0. The topological polar surface area (TPSA) is 99.6 Å². The summed E-state index contributed by atoms with van der Waals surface area (Å²) in [5.74, 6) is 0. The lowest BCUT2D eigenvalue weighted by Gasteiger charge is -2.14. The minimum atomic E-state index is -2.18. The van der Waals surface area contributed by atoms with Gasteiger partial charge in [0.1, 0.15) is 19.3 Å². The zero-order chi connectivity index (χ0) is 18.2. The van der Waals surface area contributed by atoms with Crippen LogP contribution in [0.25, 0.3) is 0 Å². The molecule has 3 atom stereocenters. The summed E-state index contributed by atoms with van der Waals surface area (Å²) in [5, 5.41) is 0. The first-order valence-corrected chi connectivity index (χ1v) is 9.49. The van der Waals surface area contributed by atoms with E-state index < -0.39 is 31.8 Å². The van der Waals surface area contributed by atoms with E-state index in [0.717, 1.165) is 25.7 Å². The lowest BCUT2D eigenvalue weighted by atomic mass is 10.2. The molecule has 0 radical (unpaired) electrons. The Labute approximate surface area is 146 Å². The summed E-state index contributed by atoms with van der Waals surface area (Å²) in [7, 11) is -2.18. The largest absolute Gasteiger partial charge is 0.697 e. The molecule has 0 aliphatic carbocycles. The Kier molecular flexibility index (Phi) is 7.71. The van der Waals surface area contributed by atoms with E-state index in [2.05, 4.69) is 11.9 Å². The number of aryl methyl sites for hydroxylation is 1. The van der Waals surface area contributed by atoms with Gasteiger partial charge >= 0.3 is 13.9 Å². The highest BCUT2D eigenvalue weighted by atomic mass is 31.1. The molecular weight excluding hydrogens is 347 g/mol. The summed E-state index contributed by atoms with van der Waals surface area (Å²) < 4.78 is 28.9. The van der Waals surface area contributed by atoms with Crippen molar-refractivity contribution in [3.8, 4) is 0 Å². The summed E-state index contributed by atoms with van der Waals surface area (Å²) in [4.78, 5) is 25.5. The van der Waals surface area contributed by atoms with Gasteiger partial charge in [-0.15, -0.1) is 9.05 Å². The third-order valence-corrected chi connectivity index (χ3v) is 4.52. The SMILES string of the molecule is CCCCCCO[P+](=O)OC[C@@H]1C=C[C@H](n2cc(C)c(=O)[nH]c2=O)O1. The van der Waals surface area contributed by atoms with Crippen molar-refractivity contribution in [2.75, 3.05) is 13.2 Å². The van der Waals surface area contributed by atoms with Crippen LogP contribution in [0.4, 0.5) is 0 Å². The minimum absolute atomic E-state index is 0.0637. The van der Waals surface area contributed by atoms with Crippen molar-refractivity contribution in [1.29, 1.82) is 0 Å². The predicted octanol–water partition coefficient (Wildman–Crippen LogP) is 2.57. The highest BCUT2D eigenvalue weighted by Crippen LogP contribution is 2.27. The zero-order valence-electron chi connectivity index (χ0n) is 14.5. The van der Waals surface area contributed by atoms with Crippen LogP contribution in [-0.4, -0.2) is 28.9 Å². The molecule has 0 fully saturated rings. The van der Waals surface area contributed by atoms with Crippen LogP contribution in [-0.2, 0) is 18.3 Å². The second kappa shape index (κ2) is 9.77. The molecule has 25 heavy (non-hydrogen) atoms. The van der Waals surface area contributed by atoms with Gasteiger partial charge in [-0.1, -0.05) is 32.3 Å². The first-order chi connectivity index (χ1) is 12.0. The molecule has 0 aromatic carbocycles. The fourth-order valence-corrected chi connectivity index (χ4v) is 2.98. The van der Waals surface area contributed by atoms with Gasteiger partial charge in [-0.25, -0.2) is 4.79 Å². The second-order valence-corrected chi connectivity index (χ2v) is 6.81. The predicted molar refractivity (Wildman–Crippen MR) is 92.8 cm³/mol. The molecule has 1 aromatic rings. The van der Waals surface area contributed by atoms with Crippen LogP contribution >= 0.6 is 8.25 Å². The van der Waals surface area contributed by atoms with Gasteiger partial charge in [0.2, 0.25) is 0 Å². The van der Waals surface area contributed by atoms with E-state index in [1.54, 1.807) is 19.1 Å². The number of unbranched alkanes of at least 4 members (excludes halogenated alkanes) is 3. The van der Waals surface area contributed by atoms with Gasteiger partial charge in [0.15, 0.2) is 6.23 Å². The number of hydrogen-bond donors (Lipinski definition) is 1. The molecular formula is C16H24N2O6P+. The highest BCUT2D eigenvalue weighted by Gasteiger charge is 2.27. The van der Waals surface area contributed by atoms with E-state index in [9.17, 15) is 14.2 Å². The van der Waals surface area contributed by atoms with Gasteiger partial charge in [0.05, 0.1) is 0 Å². The van der Waals surface area contributed by atoms with Crippen molar-refractivity contribution in [1.82, 2.24) is 9.55 Å². The van der Waals surface area contributed by atoms with Crippen molar-refractivity contribution in [2.45, 2.75) is 51.9 Å². The Morgan fingerprint density at radius 3 is 2.80 bits per heavy atom. The van der Waals surface area contributed by atoms with Crippen molar-refractivity contribution in [3.05, 3.63) is 44.8 Å². The number of aromatic nitrogens is 2. The molecule has 1 N–H and O–H groups in total. The Bertz CT molecular complexity index is 726. The van der Waals surface area contributed by atoms with Crippen molar-refractivity contribution >= 4 is 8.25 Å². The first-order valence-electron chi connectivity index (χ1n) is 8.40. The molecule has 9 heteroatoms. The maximum atomic E-state index is 11.8. The average Bonchev–Trinajstić information content (AvgIpc) is 3.05. The number of nitrogens with one attached hydrogen (secondary N) is 1. The smallest absolute Gasteiger partial charge is 0.344 e. The van der Waals surface area contributed by atoms with Crippen LogP contribution in [0, 0.1) is 6.92 Å². The van der Waals surface area contributed by atoms with E-state index in [1.165, 1.54) is 10.8 Å². The number of hydrogen-bond acceptors (Lipinski definition) is 6. The molecule has 1 aliphatic rings. The summed E-state index contributed by atoms with van der Waals surface area (Å²) in [6.07, 6.45) is 7.95. The van der Waals surface area contributed by atoms with Gasteiger partial charge in [-0.3, -0.25) is 14.3 Å². The Morgan fingerprint density at radius 1 is 1.24 bits per heavy atom. The van der Waals surface area contributed by atoms with Crippen LogP contribution in [0.1, 0.15) is 44.4 Å². The van der Waals surface area contributed by atoms with Gasteiger partial charge in [-0.05, 0) is 19.4 Å². The normalized spacial score (nSPS) is 20.2. The monoisotopic (exact) mass is 371 g/mol. The fraction of sp³-hybridized carbons (Fsp3) is 0.625. The van der Waals surface area contributed by atoms with E-state index >= 15 is 0 Å². The van der Waals surface area contributed by atoms with Crippen molar-refractivity contribution in [2.24, 2.45) is 0 Å². The van der Waals surface area contributed by atoms with Crippen molar-refractivity contribution in [3.63, 3.8) is 0 Å². The van der Waals surface area contributed by atoms with Crippen LogP contribution in [0.2, 0.25) is 0 Å². The molecule has 0 saturated carbocycles. The fourth-order valence-electron chi connectivity index (χ4n) is 2.36. The Morgan fingerprint density at radius 2 is 2.04 bits per heavy atom.